The number of rotatable bonds is 6. The zero-order valence-electron chi connectivity index (χ0n) is 19.8. The van der Waals surface area contributed by atoms with E-state index in [-0.39, 0.29) is 17.7 Å². The Balaban J connectivity index is 1.26. The van der Waals surface area contributed by atoms with Crippen molar-refractivity contribution in [3.63, 3.8) is 0 Å². The van der Waals surface area contributed by atoms with E-state index in [1.54, 1.807) is 29.2 Å². The van der Waals surface area contributed by atoms with Gasteiger partial charge < -0.3 is 15.1 Å². The van der Waals surface area contributed by atoms with Crippen LogP contribution in [0.2, 0.25) is 0 Å². The standard InChI is InChI=1S/C29H27N3O3S/c33-27(22-11-5-2-6-12-22)30-24(19-21-9-3-1-4-10-21)28(34)31-15-17-32(18-16-31)29(35)26-20-23-13-7-8-14-25(23)36-26/h1-14,20,24H,15-19H2,(H,30,33). The number of hydrogen-bond donors (Lipinski definition) is 1. The largest absolute Gasteiger partial charge is 0.340 e. The Labute approximate surface area is 214 Å². The molecule has 1 unspecified atom stereocenters. The maximum absolute atomic E-state index is 13.5. The van der Waals surface area contributed by atoms with Gasteiger partial charge in [0.15, 0.2) is 0 Å². The Morgan fingerprint density at radius 2 is 1.39 bits per heavy atom. The van der Waals surface area contributed by atoms with Crippen LogP contribution in [-0.4, -0.2) is 59.7 Å². The fourth-order valence-electron chi connectivity index (χ4n) is 4.47. The highest BCUT2D eigenvalue weighted by Gasteiger charge is 2.31. The Morgan fingerprint density at radius 3 is 2.08 bits per heavy atom. The molecule has 36 heavy (non-hydrogen) atoms. The second-order valence-electron chi connectivity index (χ2n) is 8.85. The van der Waals surface area contributed by atoms with Crippen molar-refractivity contribution < 1.29 is 14.4 Å². The van der Waals surface area contributed by atoms with Gasteiger partial charge in [0.05, 0.1) is 4.88 Å². The van der Waals surface area contributed by atoms with Gasteiger partial charge in [-0.25, -0.2) is 0 Å². The quantitative estimate of drug-likeness (QED) is 0.434. The molecule has 2 heterocycles. The lowest BCUT2D eigenvalue weighted by molar-refractivity contribution is -0.134. The van der Waals surface area contributed by atoms with Gasteiger partial charge in [0.1, 0.15) is 6.04 Å². The minimum atomic E-state index is -0.690. The summed E-state index contributed by atoms with van der Waals surface area (Å²) >= 11 is 1.50. The SMILES string of the molecule is O=C(NC(Cc1ccccc1)C(=O)N1CCN(C(=O)c2cc3ccccc3s2)CC1)c1ccccc1. The van der Waals surface area contributed by atoms with Gasteiger partial charge in [0, 0.05) is 42.9 Å². The first-order valence-corrected chi connectivity index (χ1v) is 12.9. The van der Waals surface area contributed by atoms with Gasteiger partial charge in [-0.1, -0.05) is 66.7 Å². The van der Waals surface area contributed by atoms with Crippen molar-refractivity contribution in [3.05, 3.63) is 107 Å². The first kappa shape index (κ1) is 23.8. The average Bonchev–Trinajstić information content (AvgIpc) is 3.37. The number of piperazine rings is 1. The number of thiophene rings is 1. The zero-order chi connectivity index (χ0) is 24.9. The number of carbonyl (C=O) groups excluding carboxylic acids is 3. The Morgan fingerprint density at radius 1 is 0.778 bits per heavy atom. The monoisotopic (exact) mass is 497 g/mol. The van der Waals surface area contributed by atoms with E-state index < -0.39 is 6.04 Å². The average molecular weight is 498 g/mol. The number of hydrogen-bond acceptors (Lipinski definition) is 4. The molecule has 7 heteroatoms. The lowest BCUT2D eigenvalue weighted by Crippen LogP contribution is -2.56. The van der Waals surface area contributed by atoms with E-state index in [0.29, 0.717) is 43.0 Å². The van der Waals surface area contributed by atoms with Gasteiger partial charge in [-0.15, -0.1) is 11.3 Å². The van der Waals surface area contributed by atoms with Crippen LogP contribution in [0.25, 0.3) is 10.1 Å². The van der Waals surface area contributed by atoms with Crippen molar-refractivity contribution in [2.24, 2.45) is 0 Å². The summed E-state index contributed by atoms with van der Waals surface area (Å²) in [7, 11) is 0. The summed E-state index contributed by atoms with van der Waals surface area (Å²) in [4.78, 5) is 43.8. The predicted octanol–water partition coefficient (Wildman–Crippen LogP) is 4.23. The fourth-order valence-corrected chi connectivity index (χ4v) is 5.51. The third kappa shape index (κ3) is 5.31. The van der Waals surface area contributed by atoms with Crippen LogP contribution in [0, 0.1) is 0 Å². The van der Waals surface area contributed by atoms with E-state index in [9.17, 15) is 14.4 Å². The summed E-state index contributed by atoms with van der Waals surface area (Å²) in [6, 6.07) is 27.8. The van der Waals surface area contributed by atoms with Crippen LogP contribution in [0.4, 0.5) is 0 Å². The highest BCUT2D eigenvalue weighted by Crippen LogP contribution is 2.26. The van der Waals surface area contributed by atoms with E-state index in [0.717, 1.165) is 15.6 Å². The molecule has 182 valence electrons. The summed E-state index contributed by atoms with van der Waals surface area (Å²) in [5.41, 5.74) is 1.49. The lowest BCUT2D eigenvalue weighted by atomic mass is 10.0. The van der Waals surface area contributed by atoms with Crippen LogP contribution in [0.5, 0.6) is 0 Å². The molecule has 3 aromatic carbocycles. The minimum absolute atomic E-state index is 0.00140. The van der Waals surface area contributed by atoms with Gasteiger partial charge in [-0.2, -0.15) is 0 Å². The molecule has 1 N–H and O–H groups in total. The Kier molecular flexibility index (Phi) is 7.09. The van der Waals surface area contributed by atoms with E-state index in [1.165, 1.54) is 11.3 Å². The number of nitrogens with zero attached hydrogens (tertiary/aromatic N) is 2. The number of nitrogens with one attached hydrogen (secondary N) is 1. The highest BCUT2D eigenvalue weighted by molar-refractivity contribution is 7.20. The van der Waals surface area contributed by atoms with Crippen molar-refractivity contribution in [2.45, 2.75) is 12.5 Å². The van der Waals surface area contributed by atoms with Gasteiger partial charge in [-0.05, 0) is 35.2 Å². The molecule has 0 aliphatic carbocycles. The Hall–Kier alpha value is -3.97. The molecule has 0 saturated carbocycles. The lowest BCUT2D eigenvalue weighted by Gasteiger charge is -2.36. The van der Waals surface area contributed by atoms with Crippen molar-refractivity contribution >= 4 is 39.1 Å². The molecule has 1 saturated heterocycles. The molecule has 1 aliphatic rings. The summed E-state index contributed by atoms with van der Waals surface area (Å²) in [6.07, 6.45) is 0.402. The summed E-state index contributed by atoms with van der Waals surface area (Å²) in [5, 5.41) is 4.01. The van der Waals surface area contributed by atoms with Crippen LogP contribution >= 0.6 is 11.3 Å². The minimum Gasteiger partial charge on any atom is -0.340 e. The summed E-state index contributed by atoms with van der Waals surface area (Å²) in [6.45, 7) is 1.79. The smallest absolute Gasteiger partial charge is 0.264 e. The molecule has 1 aromatic heterocycles. The van der Waals surface area contributed by atoms with E-state index in [4.69, 9.17) is 0 Å². The molecule has 0 spiro atoms. The highest BCUT2D eigenvalue weighted by atomic mass is 32.1. The molecule has 4 aromatic rings. The van der Waals surface area contributed by atoms with Crippen LogP contribution in [0.3, 0.4) is 0 Å². The van der Waals surface area contributed by atoms with Crippen molar-refractivity contribution in [3.8, 4) is 0 Å². The molecule has 6 nitrogen and oxygen atoms in total. The molecule has 1 fully saturated rings. The van der Waals surface area contributed by atoms with Crippen LogP contribution < -0.4 is 5.32 Å². The van der Waals surface area contributed by atoms with E-state index >= 15 is 0 Å². The Bertz CT molecular complexity index is 1330. The van der Waals surface area contributed by atoms with Crippen molar-refractivity contribution in [2.75, 3.05) is 26.2 Å². The number of benzene rings is 3. The molecule has 3 amide bonds. The third-order valence-corrected chi connectivity index (χ3v) is 7.54. The fraction of sp³-hybridized carbons (Fsp3) is 0.207. The van der Waals surface area contributed by atoms with Gasteiger partial charge >= 0.3 is 0 Å². The van der Waals surface area contributed by atoms with Gasteiger partial charge in [0.25, 0.3) is 11.8 Å². The third-order valence-electron chi connectivity index (χ3n) is 6.44. The van der Waals surface area contributed by atoms with Crippen molar-refractivity contribution in [1.82, 2.24) is 15.1 Å². The van der Waals surface area contributed by atoms with Gasteiger partial charge in [-0.3, -0.25) is 14.4 Å². The topological polar surface area (TPSA) is 69.7 Å². The van der Waals surface area contributed by atoms with Gasteiger partial charge in [0.2, 0.25) is 5.91 Å². The first-order chi connectivity index (χ1) is 17.6. The predicted molar refractivity (Wildman–Crippen MR) is 142 cm³/mol. The van der Waals surface area contributed by atoms with Crippen LogP contribution in [-0.2, 0) is 11.2 Å². The molecule has 1 atom stereocenters. The molecule has 0 bridgehead atoms. The normalized spacial score (nSPS) is 14.4. The van der Waals surface area contributed by atoms with Crippen LogP contribution in [0.15, 0.2) is 91.0 Å². The maximum Gasteiger partial charge on any atom is 0.264 e. The number of amides is 3. The number of fused-ring (bicyclic) bond motifs is 1. The molecule has 1 aliphatic heterocycles. The molecule has 5 rings (SSSR count). The van der Waals surface area contributed by atoms with E-state index in [1.807, 2.05) is 71.6 Å². The number of carbonyl (C=O) groups is 3. The summed E-state index contributed by atoms with van der Waals surface area (Å²) in [5.74, 6) is -0.401. The van der Waals surface area contributed by atoms with Crippen molar-refractivity contribution in [1.29, 1.82) is 0 Å². The van der Waals surface area contributed by atoms with E-state index in [2.05, 4.69) is 5.32 Å². The first-order valence-electron chi connectivity index (χ1n) is 12.0. The summed E-state index contributed by atoms with van der Waals surface area (Å²) < 4.78 is 1.09. The molecular weight excluding hydrogens is 470 g/mol. The molecular formula is C29H27N3O3S. The second-order valence-corrected chi connectivity index (χ2v) is 9.93. The van der Waals surface area contributed by atoms with Crippen LogP contribution in [0.1, 0.15) is 25.6 Å². The molecule has 0 radical (unpaired) electrons. The maximum atomic E-state index is 13.5. The second kappa shape index (κ2) is 10.7. The zero-order valence-corrected chi connectivity index (χ0v) is 20.6.